The molecule has 1 fully saturated rings. The van der Waals surface area contributed by atoms with E-state index in [-0.39, 0.29) is 16.8 Å². The first kappa shape index (κ1) is 21.0. The average Bonchev–Trinajstić information content (AvgIpc) is 3.24. The second kappa shape index (κ2) is 8.32. The molecule has 1 saturated heterocycles. The zero-order valence-corrected chi connectivity index (χ0v) is 18.2. The molecule has 0 spiro atoms. The molecule has 0 radical (unpaired) electrons. The van der Waals surface area contributed by atoms with Crippen molar-refractivity contribution in [2.24, 2.45) is 7.05 Å². The van der Waals surface area contributed by atoms with Crippen molar-refractivity contribution >= 4 is 27.3 Å². The minimum Gasteiger partial charge on any atom is -0.378 e. The Kier molecular flexibility index (Phi) is 6.23. The zero-order chi connectivity index (χ0) is 20.5. The van der Waals surface area contributed by atoms with E-state index < -0.39 is 10.0 Å². The summed E-state index contributed by atoms with van der Waals surface area (Å²) in [6.45, 7) is 7.78. The van der Waals surface area contributed by atoms with Gasteiger partial charge >= 0.3 is 0 Å². The number of carbonyl (C=O) groups excluding carboxylic acids is 1. The van der Waals surface area contributed by atoms with Gasteiger partial charge in [-0.15, -0.1) is 11.3 Å². The van der Waals surface area contributed by atoms with Gasteiger partial charge < -0.3 is 14.2 Å². The maximum Gasteiger partial charge on any atom is 0.266 e. The Hall–Kier alpha value is -1.75. The molecule has 154 valence electrons. The molecule has 0 unspecified atom stereocenters. The molecule has 3 rings (SSSR count). The Bertz CT molecular complexity index is 958. The number of thiazole rings is 1. The minimum absolute atomic E-state index is 0.0509. The van der Waals surface area contributed by atoms with E-state index in [0.717, 1.165) is 0 Å². The third-order valence-corrected chi connectivity index (χ3v) is 7.49. The molecule has 1 atom stereocenters. The smallest absolute Gasteiger partial charge is 0.266 e. The Balaban J connectivity index is 1.89. The number of sulfonamides is 1. The van der Waals surface area contributed by atoms with Gasteiger partial charge in [-0.2, -0.15) is 0 Å². The first-order valence-electron chi connectivity index (χ1n) is 9.26. The largest absolute Gasteiger partial charge is 0.378 e. The second-order valence-corrected chi connectivity index (χ2v) is 9.65. The SMILES string of the molecule is CC[C@H](C)NS(=O)(=O)c1cc(-c2nc(C)c(C(=O)N3CCOCC3)s2)n(C)c1. The molecule has 2 aromatic rings. The van der Waals surface area contributed by atoms with Gasteiger partial charge in [0, 0.05) is 32.4 Å². The van der Waals surface area contributed by atoms with Crippen molar-refractivity contribution in [3.8, 4) is 10.7 Å². The number of hydrogen-bond acceptors (Lipinski definition) is 6. The van der Waals surface area contributed by atoms with Gasteiger partial charge in [0.1, 0.15) is 14.8 Å². The van der Waals surface area contributed by atoms with Crippen LogP contribution in [0.15, 0.2) is 17.2 Å². The molecule has 1 aliphatic rings. The van der Waals surface area contributed by atoms with E-state index in [9.17, 15) is 13.2 Å². The highest BCUT2D eigenvalue weighted by Gasteiger charge is 2.25. The van der Waals surface area contributed by atoms with Crippen molar-refractivity contribution in [3.63, 3.8) is 0 Å². The van der Waals surface area contributed by atoms with E-state index in [1.54, 1.807) is 35.7 Å². The molecular weight excluding hydrogens is 400 g/mol. The number of amides is 1. The highest BCUT2D eigenvalue weighted by atomic mass is 32.2. The number of aryl methyl sites for hydroxylation is 2. The molecule has 3 heterocycles. The van der Waals surface area contributed by atoms with E-state index in [2.05, 4.69) is 9.71 Å². The number of aromatic nitrogens is 2. The number of nitrogens with zero attached hydrogens (tertiary/aromatic N) is 3. The summed E-state index contributed by atoms with van der Waals surface area (Å²) >= 11 is 1.29. The van der Waals surface area contributed by atoms with Gasteiger partial charge in [0.15, 0.2) is 0 Å². The van der Waals surface area contributed by atoms with Gasteiger partial charge in [-0.25, -0.2) is 18.1 Å². The summed E-state index contributed by atoms with van der Waals surface area (Å²) in [6, 6.07) is 1.46. The molecule has 1 N–H and O–H groups in total. The lowest BCUT2D eigenvalue weighted by Gasteiger charge is -2.26. The van der Waals surface area contributed by atoms with Crippen LogP contribution in [-0.2, 0) is 21.8 Å². The molecule has 0 aliphatic carbocycles. The predicted molar refractivity (Wildman–Crippen MR) is 108 cm³/mol. The van der Waals surface area contributed by atoms with E-state index in [4.69, 9.17) is 4.74 Å². The lowest BCUT2D eigenvalue weighted by molar-refractivity contribution is 0.0305. The standard InChI is InChI=1S/C18H26N4O4S2/c1-5-12(2)20-28(24,25)14-10-15(21(4)11-14)17-19-13(3)16(27-17)18(23)22-6-8-26-9-7-22/h10-12,20H,5-9H2,1-4H3/t12-/m0/s1. The van der Waals surface area contributed by atoms with Gasteiger partial charge in [0.05, 0.1) is 24.6 Å². The van der Waals surface area contributed by atoms with Gasteiger partial charge in [0.2, 0.25) is 10.0 Å². The van der Waals surface area contributed by atoms with Crippen molar-refractivity contribution in [1.82, 2.24) is 19.2 Å². The molecule has 2 aromatic heterocycles. The van der Waals surface area contributed by atoms with Crippen molar-refractivity contribution in [3.05, 3.63) is 22.8 Å². The summed E-state index contributed by atoms with van der Waals surface area (Å²) in [7, 11) is -1.83. The fourth-order valence-electron chi connectivity index (χ4n) is 2.92. The number of nitrogens with one attached hydrogen (secondary N) is 1. The number of carbonyl (C=O) groups is 1. The molecule has 0 saturated carbocycles. The van der Waals surface area contributed by atoms with Crippen LogP contribution in [0.3, 0.4) is 0 Å². The van der Waals surface area contributed by atoms with Crippen LogP contribution in [0.2, 0.25) is 0 Å². The van der Waals surface area contributed by atoms with Crippen LogP contribution in [0.25, 0.3) is 10.7 Å². The van der Waals surface area contributed by atoms with E-state index in [1.165, 1.54) is 11.3 Å². The fraction of sp³-hybridized carbons (Fsp3) is 0.556. The molecule has 0 aromatic carbocycles. The van der Waals surface area contributed by atoms with Gasteiger partial charge in [-0.1, -0.05) is 6.92 Å². The summed E-state index contributed by atoms with van der Waals surface area (Å²) in [5.74, 6) is -0.0509. The van der Waals surface area contributed by atoms with E-state index in [0.29, 0.717) is 54.0 Å². The summed E-state index contributed by atoms with van der Waals surface area (Å²) in [6.07, 6.45) is 2.28. The monoisotopic (exact) mass is 426 g/mol. The molecule has 1 amide bonds. The number of hydrogen-bond donors (Lipinski definition) is 1. The molecule has 10 heteroatoms. The Labute approximate surface area is 169 Å². The normalized spacial score (nSPS) is 16.4. The average molecular weight is 427 g/mol. The maximum atomic E-state index is 12.8. The van der Waals surface area contributed by atoms with Crippen LogP contribution in [0.4, 0.5) is 0 Å². The van der Waals surface area contributed by atoms with Crippen molar-refractivity contribution in [2.75, 3.05) is 26.3 Å². The van der Waals surface area contributed by atoms with Crippen LogP contribution < -0.4 is 4.72 Å². The topological polar surface area (TPSA) is 93.5 Å². The van der Waals surface area contributed by atoms with Crippen molar-refractivity contribution < 1.29 is 17.9 Å². The zero-order valence-electron chi connectivity index (χ0n) is 16.6. The summed E-state index contributed by atoms with van der Waals surface area (Å²) < 4.78 is 34.8. The van der Waals surface area contributed by atoms with Crippen LogP contribution in [0, 0.1) is 6.92 Å². The summed E-state index contributed by atoms with van der Waals surface area (Å²) in [5.41, 5.74) is 1.32. The van der Waals surface area contributed by atoms with E-state index in [1.807, 2.05) is 13.8 Å². The Morgan fingerprint density at radius 2 is 2.07 bits per heavy atom. The first-order chi connectivity index (χ1) is 13.2. The Morgan fingerprint density at radius 3 is 2.71 bits per heavy atom. The lowest BCUT2D eigenvalue weighted by atomic mass is 10.3. The van der Waals surface area contributed by atoms with Crippen LogP contribution in [0.5, 0.6) is 0 Å². The van der Waals surface area contributed by atoms with Crippen molar-refractivity contribution in [1.29, 1.82) is 0 Å². The third-order valence-electron chi connectivity index (χ3n) is 4.77. The third kappa shape index (κ3) is 4.29. The Morgan fingerprint density at radius 1 is 1.39 bits per heavy atom. The first-order valence-corrected chi connectivity index (χ1v) is 11.6. The molecule has 0 bridgehead atoms. The summed E-state index contributed by atoms with van der Waals surface area (Å²) in [4.78, 5) is 19.9. The lowest BCUT2D eigenvalue weighted by Crippen LogP contribution is -2.40. The fourth-order valence-corrected chi connectivity index (χ4v) is 5.41. The van der Waals surface area contributed by atoms with Gasteiger partial charge in [-0.05, 0) is 26.3 Å². The molecule has 8 nitrogen and oxygen atoms in total. The van der Waals surface area contributed by atoms with Gasteiger partial charge in [-0.3, -0.25) is 4.79 Å². The number of ether oxygens (including phenoxy) is 1. The number of rotatable bonds is 6. The maximum absolute atomic E-state index is 12.8. The molecular formula is C18H26N4O4S2. The van der Waals surface area contributed by atoms with E-state index >= 15 is 0 Å². The number of morpholine rings is 1. The van der Waals surface area contributed by atoms with Gasteiger partial charge in [0.25, 0.3) is 5.91 Å². The minimum atomic E-state index is -3.60. The van der Waals surface area contributed by atoms with Crippen molar-refractivity contribution in [2.45, 2.75) is 38.1 Å². The second-order valence-electron chi connectivity index (χ2n) is 6.94. The highest BCUT2D eigenvalue weighted by molar-refractivity contribution is 7.89. The van der Waals surface area contributed by atoms with Crippen LogP contribution in [0.1, 0.15) is 35.6 Å². The van der Waals surface area contributed by atoms with Crippen LogP contribution in [-0.4, -0.2) is 61.1 Å². The molecule has 1 aliphatic heterocycles. The highest BCUT2D eigenvalue weighted by Crippen LogP contribution is 2.31. The van der Waals surface area contributed by atoms with Crippen LogP contribution >= 0.6 is 11.3 Å². The molecule has 28 heavy (non-hydrogen) atoms. The quantitative estimate of drug-likeness (QED) is 0.763. The predicted octanol–water partition coefficient (Wildman–Crippen LogP) is 2.01. The summed E-state index contributed by atoms with van der Waals surface area (Å²) in [5, 5.41) is 0.626.